The van der Waals surface area contributed by atoms with Crippen LogP contribution in [-0.4, -0.2) is 28.7 Å². The highest BCUT2D eigenvalue weighted by atomic mass is 79.9. The first kappa shape index (κ1) is 9.50. The van der Waals surface area contributed by atoms with Crippen LogP contribution < -0.4 is 0 Å². The van der Waals surface area contributed by atoms with Gasteiger partial charge in [-0.05, 0) is 25.7 Å². The number of nitrogens with zero attached hydrogens (tertiary/aromatic N) is 1. The molecule has 0 N–H and O–H groups in total. The van der Waals surface area contributed by atoms with Crippen LogP contribution in [-0.2, 0) is 4.79 Å². The molecule has 0 bridgehead atoms. The topological polar surface area (TPSA) is 20.3 Å². The molecule has 1 aliphatic heterocycles. The second-order valence-corrected chi connectivity index (χ2v) is 4.76. The third-order valence-electron chi connectivity index (χ3n) is 3.29. The van der Waals surface area contributed by atoms with Crippen molar-refractivity contribution in [1.29, 1.82) is 0 Å². The van der Waals surface area contributed by atoms with Crippen molar-refractivity contribution in [2.45, 2.75) is 38.1 Å². The molecular weight excluding hydrogens is 230 g/mol. The number of rotatable bonds is 2. The normalized spacial score (nSPS) is 29.0. The van der Waals surface area contributed by atoms with Gasteiger partial charge in [0.15, 0.2) is 0 Å². The molecule has 1 saturated carbocycles. The van der Waals surface area contributed by atoms with Crippen LogP contribution in [0.1, 0.15) is 32.1 Å². The van der Waals surface area contributed by atoms with Crippen molar-refractivity contribution >= 4 is 21.8 Å². The highest BCUT2D eigenvalue weighted by Gasteiger charge is 2.34. The standard InChI is InChI=1S/C10H16BrNO/c11-7-9-5-2-6-12(9)10(13)8-3-1-4-8/h8-9H,1-7H2. The second kappa shape index (κ2) is 3.99. The monoisotopic (exact) mass is 245 g/mol. The highest BCUT2D eigenvalue weighted by molar-refractivity contribution is 9.09. The SMILES string of the molecule is O=C(C1CCC1)N1CCCC1CBr. The maximum Gasteiger partial charge on any atom is 0.225 e. The average Bonchev–Trinajstić information content (AvgIpc) is 2.47. The van der Waals surface area contributed by atoms with Crippen LogP contribution in [0.15, 0.2) is 0 Å². The minimum absolute atomic E-state index is 0.375. The summed E-state index contributed by atoms with van der Waals surface area (Å²) >= 11 is 3.48. The van der Waals surface area contributed by atoms with E-state index in [2.05, 4.69) is 20.8 Å². The van der Waals surface area contributed by atoms with Crippen LogP contribution in [0.4, 0.5) is 0 Å². The lowest BCUT2D eigenvalue weighted by Gasteiger charge is -2.32. The van der Waals surface area contributed by atoms with E-state index >= 15 is 0 Å². The molecule has 1 heterocycles. The summed E-state index contributed by atoms with van der Waals surface area (Å²) in [5, 5.41) is 0.950. The number of carbonyl (C=O) groups is 1. The predicted molar refractivity (Wildman–Crippen MR) is 55.9 cm³/mol. The van der Waals surface area contributed by atoms with Gasteiger partial charge in [-0.15, -0.1) is 0 Å². The van der Waals surface area contributed by atoms with E-state index < -0.39 is 0 Å². The molecule has 0 aromatic rings. The van der Waals surface area contributed by atoms with Crippen LogP contribution >= 0.6 is 15.9 Å². The van der Waals surface area contributed by atoms with Crippen molar-refractivity contribution < 1.29 is 4.79 Å². The summed E-state index contributed by atoms with van der Waals surface area (Å²) in [7, 11) is 0. The molecule has 0 aromatic carbocycles. The van der Waals surface area contributed by atoms with Crippen molar-refractivity contribution in [3.05, 3.63) is 0 Å². The summed E-state index contributed by atoms with van der Waals surface area (Å²) in [5.41, 5.74) is 0. The molecule has 1 unspecified atom stereocenters. The minimum atomic E-state index is 0.375. The molecule has 2 rings (SSSR count). The Kier molecular flexibility index (Phi) is 2.92. The van der Waals surface area contributed by atoms with Gasteiger partial charge in [-0.2, -0.15) is 0 Å². The first-order valence-electron chi connectivity index (χ1n) is 5.19. The van der Waals surface area contributed by atoms with Crippen LogP contribution in [0.5, 0.6) is 0 Å². The van der Waals surface area contributed by atoms with E-state index in [4.69, 9.17) is 0 Å². The predicted octanol–water partition coefficient (Wildman–Crippen LogP) is 2.17. The Morgan fingerprint density at radius 2 is 2.08 bits per heavy atom. The van der Waals surface area contributed by atoms with E-state index in [0.29, 0.717) is 17.9 Å². The van der Waals surface area contributed by atoms with Gasteiger partial charge < -0.3 is 4.90 Å². The van der Waals surface area contributed by atoms with E-state index in [-0.39, 0.29) is 0 Å². The van der Waals surface area contributed by atoms with Gasteiger partial charge in [-0.1, -0.05) is 22.4 Å². The lowest BCUT2D eigenvalue weighted by Crippen LogP contribution is -2.42. The Labute approximate surface area is 87.8 Å². The molecule has 2 aliphatic rings. The van der Waals surface area contributed by atoms with Crippen LogP contribution in [0.3, 0.4) is 0 Å². The number of carbonyl (C=O) groups excluding carboxylic acids is 1. The van der Waals surface area contributed by atoms with E-state index in [9.17, 15) is 4.79 Å². The van der Waals surface area contributed by atoms with Gasteiger partial charge in [-0.25, -0.2) is 0 Å². The van der Waals surface area contributed by atoms with Crippen LogP contribution in [0, 0.1) is 5.92 Å². The maximum atomic E-state index is 11.9. The summed E-state index contributed by atoms with van der Waals surface area (Å²) in [6.07, 6.45) is 5.89. The number of alkyl halides is 1. The molecular formula is C10H16BrNO. The molecule has 2 fully saturated rings. The van der Waals surface area contributed by atoms with E-state index in [1.165, 1.54) is 19.3 Å². The van der Waals surface area contributed by atoms with Crippen LogP contribution in [0.2, 0.25) is 0 Å². The Balaban J connectivity index is 1.94. The lowest BCUT2D eigenvalue weighted by molar-refractivity contribution is -0.138. The number of hydrogen-bond donors (Lipinski definition) is 0. The second-order valence-electron chi connectivity index (χ2n) is 4.11. The molecule has 1 saturated heterocycles. The molecule has 3 heteroatoms. The quantitative estimate of drug-likeness (QED) is 0.684. The largest absolute Gasteiger partial charge is 0.339 e. The summed E-state index contributed by atoms with van der Waals surface area (Å²) in [6, 6.07) is 0.480. The van der Waals surface area contributed by atoms with Crippen molar-refractivity contribution in [2.24, 2.45) is 5.92 Å². The fourth-order valence-corrected chi connectivity index (χ4v) is 2.85. The van der Waals surface area contributed by atoms with Gasteiger partial charge in [0.05, 0.1) is 0 Å². The molecule has 0 radical (unpaired) electrons. The summed E-state index contributed by atoms with van der Waals surface area (Å²) in [6.45, 7) is 0.992. The van der Waals surface area contributed by atoms with Crippen molar-refractivity contribution in [2.75, 3.05) is 11.9 Å². The fourth-order valence-electron chi connectivity index (χ4n) is 2.18. The van der Waals surface area contributed by atoms with Gasteiger partial charge in [0, 0.05) is 23.8 Å². The highest BCUT2D eigenvalue weighted by Crippen LogP contribution is 2.31. The van der Waals surface area contributed by atoms with Gasteiger partial charge in [0.1, 0.15) is 0 Å². The third-order valence-corrected chi connectivity index (χ3v) is 4.04. The van der Waals surface area contributed by atoms with Crippen molar-refractivity contribution in [1.82, 2.24) is 4.90 Å². The molecule has 1 amide bonds. The lowest BCUT2D eigenvalue weighted by atomic mass is 9.84. The third kappa shape index (κ3) is 1.76. The average molecular weight is 246 g/mol. The molecule has 1 aliphatic carbocycles. The Morgan fingerprint density at radius 1 is 1.31 bits per heavy atom. The zero-order valence-corrected chi connectivity index (χ0v) is 9.42. The number of amides is 1. The summed E-state index contributed by atoms with van der Waals surface area (Å²) < 4.78 is 0. The molecule has 1 atom stereocenters. The van der Waals surface area contributed by atoms with Crippen molar-refractivity contribution in [3.8, 4) is 0 Å². The number of halogens is 1. The van der Waals surface area contributed by atoms with Gasteiger partial charge in [0.2, 0.25) is 5.91 Å². The first-order chi connectivity index (χ1) is 6.33. The zero-order chi connectivity index (χ0) is 9.26. The zero-order valence-electron chi connectivity index (χ0n) is 7.84. The van der Waals surface area contributed by atoms with Crippen LogP contribution in [0.25, 0.3) is 0 Å². The summed E-state index contributed by atoms with van der Waals surface area (Å²) in [4.78, 5) is 14.0. The fraction of sp³-hybridized carbons (Fsp3) is 0.900. The smallest absolute Gasteiger partial charge is 0.225 e. The molecule has 0 aromatic heterocycles. The Morgan fingerprint density at radius 3 is 2.62 bits per heavy atom. The molecule has 13 heavy (non-hydrogen) atoms. The Bertz CT molecular complexity index is 203. The number of likely N-dealkylation sites (tertiary alicyclic amines) is 1. The van der Waals surface area contributed by atoms with E-state index in [1.54, 1.807) is 0 Å². The first-order valence-corrected chi connectivity index (χ1v) is 6.31. The minimum Gasteiger partial charge on any atom is -0.339 e. The maximum absolute atomic E-state index is 11.9. The molecule has 74 valence electrons. The van der Waals surface area contributed by atoms with E-state index in [0.717, 1.165) is 24.7 Å². The van der Waals surface area contributed by atoms with Gasteiger partial charge in [-0.3, -0.25) is 4.79 Å². The van der Waals surface area contributed by atoms with Gasteiger partial charge >= 0.3 is 0 Å². The molecule has 0 spiro atoms. The van der Waals surface area contributed by atoms with Gasteiger partial charge in [0.25, 0.3) is 0 Å². The summed E-state index contributed by atoms with van der Waals surface area (Å²) in [5.74, 6) is 0.799. The number of hydrogen-bond acceptors (Lipinski definition) is 1. The van der Waals surface area contributed by atoms with Crippen molar-refractivity contribution in [3.63, 3.8) is 0 Å². The Hall–Kier alpha value is -0.0500. The molecule has 2 nitrogen and oxygen atoms in total. The van der Waals surface area contributed by atoms with E-state index in [1.807, 2.05) is 0 Å².